The lowest BCUT2D eigenvalue weighted by molar-refractivity contribution is 0.120. The number of halogens is 2. The van der Waals surface area contributed by atoms with Crippen LogP contribution in [0.1, 0.15) is 12.0 Å². The van der Waals surface area contributed by atoms with Crippen LogP contribution in [0, 0.1) is 0 Å². The summed E-state index contributed by atoms with van der Waals surface area (Å²) in [6.07, 6.45) is 0.0509. The Bertz CT molecular complexity index is 810. The van der Waals surface area contributed by atoms with Gasteiger partial charge in [0.15, 0.2) is 0 Å². The van der Waals surface area contributed by atoms with Crippen molar-refractivity contribution in [2.45, 2.75) is 6.43 Å². The molecule has 0 aromatic carbocycles. The summed E-state index contributed by atoms with van der Waals surface area (Å²) in [7, 11) is 0. The van der Waals surface area contributed by atoms with Crippen LogP contribution in [0.5, 0.6) is 0 Å². The molecule has 28 heavy (non-hydrogen) atoms. The maximum absolute atomic E-state index is 14.1. The zero-order valence-corrected chi connectivity index (χ0v) is 15.2. The van der Waals surface area contributed by atoms with Crippen molar-refractivity contribution in [2.75, 3.05) is 68.1 Å². The number of rotatable bonds is 4. The van der Waals surface area contributed by atoms with E-state index in [1.807, 2.05) is 9.80 Å². The van der Waals surface area contributed by atoms with Crippen LogP contribution in [-0.2, 0) is 9.47 Å². The Labute approximate surface area is 160 Å². The fourth-order valence-electron chi connectivity index (χ4n) is 3.25. The highest BCUT2D eigenvalue weighted by Gasteiger charge is 2.29. The van der Waals surface area contributed by atoms with E-state index in [1.165, 1.54) is 12.4 Å². The molecule has 0 unspecified atom stereocenters. The molecule has 0 spiro atoms. The van der Waals surface area contributed by atoms with E-state index in [0.29, 0.717) is 64.1 Å². The van der Waals surface area contributed by atoms with Crippen LogP contribution < -0.4 is 15.5 Å². The van der Waals surface area contributed by atoms with Crippen molar-refractivity contribution in [3.63, 3.8) is 0 Å². The van der Waals surface area contributed by atoms with E-state index >= 15 is 0 Å². The van der Waals surface area contributed by atoms with Crippen LogP contribution in [0.3, 0.4) is 0 Å². The third-order valence-electron chi connectivity index (χ3n) is 4.68. The SMILES string of the molecule is Nc1ncc(-c2nc(N3CCOCC3)nc(N3CCOCC3)c2C(F)F)cn1. The maximum Gasteiger partial charge on any atom is 0.269 e. The zero-order valence-electron chi connectivity index (χ0n) is 15.2. The van der Waals surface area contributed by atoms with Gasteiger partial charge in [-0.3, -0.25) is 0 Å². The average molecular weight is 393 g/mol. The number of hydrogen-bond acceptors (Lipinski definition) is 9. The van der Waals surface area contributed by atoms with Gasteiger partial charge in [0.2, 0.25) is 11.9 Å². The van der Waals surface area contributed by atoms with Crippen molar-refractivity contribution >= 4 is 17.7 Å². The van der Waals surface area contributed by atoms with Crippen molar-refractivity contribution < 1.29 is 18.3 Å². The minimum Gasteiger partial charge on any atom is -0.378 e. The highest BCUT2D eigenvalue weighted by atomic mass is 19.3. The number of nitrogen functional groups attached to an aromatic ring is 1. The van der Waals surface area contributed by atoms with Gasteiger partial charge in [-0.25, -0.2) is 23.7 Å². The van der Waals surface area contributed by atoms with Crippen LogP contribution in [0.2, 0.25) is 0 Å². The lowest BCUT2D eigenvalue weighted by Crippen LogP contribution is -2.40. The molecular formula is C17H21F2N7O2. The monoisotopic (exact) mass is 393 g/mol. The molecule has 2 saturated heterocycles. The van der Waals surface area contributed by atoms with Gasteiger partial charge in [-0.05, 0) is 0 Å². The third kappa shape index (κ3) is 3.80. The Hall–Kier alpha value is -2.66. The molecule has 0 bridgehead atoms. The molecule has 0 aliphatic carbocycles. The predicted octanol–water partition coefficient (Wildman–Crippen LogP) is 1.13. The first-order valence-electron chi connectivity index (χ1n) is 9.07. The molecule has 4 heterocycles. The fraction of sp³-hybridized carbons (Fsp3) is 0.529. The topological polar surface area (TPSA) is 103 Å². The highest BCUT2D eigenvalue weighted by Crippen LogP contribution is 2.37. The van der Waals surface area contributed by atoms with E-state index in [-0.39, 0.29) is 23.0 Å². The van der Waals surface area contributed by atoms with E-state index in [0.717, 1.165) is 0 Å². The van der Waals surface area contributed by atoms with Crippen LogP contribution in [-0.4, -0.2) is 72.5 Å². The van der Waals surface area contributed by atoms with E-state index in [9.17, 15) is 8.78 Å². The summed E-state index contributed by atoms with van der Waals surface area (Å²) in [4.78, 5) is 20.6. The van der Waals surface area contributed by atoms with Gasteiger partial charge in [-0.15, -0.1) is 0 Å². The van der Waals surface area contributed by atoms with Gasteiger partial charge in [-0.2, -0.15) is 4.98 Å². The Kier molecular flexibility index (Phi) is 5.44. The minimum atomic E-state index is -2.76. The molecule has 2 aromatic heterocycles. The summed E-state index contributed by atoms with van der Waals surface area (Å²) in [5.74, 6) is 0.681. The van der Waals surface area contributed by atoms with E-state index < -0.39 is 6.43 Å². The summed E-state index contributed by atoms with van der Waals surface area (Å²) in [5.41, 5.74) is 5.81. The third-order valence-corrected chi connectivity index (χ3v) is 4.68. The van der Waals surface area contributed by atoms with E-state index in [4.69, 9.17) is 15.2 Å². The minimum absolute atomic E-state index is 0.0678. The van der Waals surface area contributed by atoms with Crippen LogP contribution in [0.25, 0.3) is 11.3 Å². The van der Waals surface area contributed by atoms with Crippen molar-refractivity contribution in [1.29, 1.82) is 0 Å². The molecular weight excluding hydrogens is 372 g/mol. The second-order valence-corrected chi connectivity index (χ2v) is 6.44. The number of morpholine rings is 2. The van der Waals surface area contributed by atoms with Gasteiger partial charge in [0.25, 0.3) is 6.43 Å². The smallest absolute Gasteiger partial charge is 0.269 e. The molecule has 2 aliphatic rings. The molecule has 0 atom stereocenters. The molecule has 0 saturated carbocycles. The van der Waals surface area contributed by atoms with Gasteiger partial charge in [0.1, 0.15) is 5.82 Å². The summed E-state index contributed by atoms with van der Waals surface area (Å²) >= 11 is 0. The molecule has 11 heteroatoms. The molecule has 2 aromatic rings. The van der Waals surface area contributed by atoms with Gasteiger partial charge in [-0.1, -0.05) is 0 Å². The molecule has 2 aliphatic heterocycles. The molecule has 2 fully saturated rings. The fourth-order valence-corrected chi connectivity index (χ4v) is 3.25. The van der Waals surface area contributed by atoms with Gasteiger partial charge < -0.3 is 25.0 Å². The lowest BCUT2D eigenvalue weighted by atomic mass is 10.1. The molecule has 9 nitrogen and oxygen atoms in total. The molecule has 4 rings (SSSR count). The average Bonchev–Trinajstić information content (AvgIpc) is 2.74. The van der Waals surface area contributed by atoms with Gasteiger partial charge >= 0.3 is 0 Å². The number of ether oxygens (including phenoxy) is 2. The Morgan fingerprint density at radius 3 is 2.04 bits per heavy atom. The first-order chi connectivity index (χ1) is 13.6. The van der Waals surface area contributed by atoms with Crippen molar-refractivity contribution in [2.24, 2.45) is 0 Å². The Morgan fingerprint density at radius 1 is 0.893 bits per heavy atom. The Balaban J connectivity index is 1.86. The van der Waals surface area contributed by atoms with Crippen molar-refractivity contribution in [3.8, 4) is 11.3 Å². The Morgan fingerprint density at radius 2 is 1.46 bits per heavy atom. The van der Waals surface area contributed by atoms with E-state index in [1.54, 1.807) is 0 Å². The second-order valence-electron chi connectivity index (χ2n) is 6.44. The van der Waals surface area contributed by atoms with Gasteiger partial charge in [0.05, 0.1) is 37.7 Å². The number of nitrogens with two attached hydrogens (primary N) is 1. The van der Waals surface area contributed by atoms with Crippen molar-refractivity contribution in [1.82, 2.24) is 19.9 Å². The predicted molar refractivity (Wildman–Crippen MR) is 98.5 cm³/mol. The normalized spacial score (nSPS) is 18.0. The first kappa shape index (κ1) is 18.7. The van der Waals surface area contributed by atoms with Crippen LogP contribution >= 0.6 is 0 Å². The molecule has 2 N–H and O–H groups in total. The summed E-state index contributed by atoms with van der Waals surface area (Å²) in [6.45, 7) is 4.14. The van der Waals surface area contributed by atoms with Gasteiger partial charge in [0, 0.05) is 44.1 Å². The summed E-state index contributed by atoms with van der Waals surface area (Å²) in [5, 5.41) is 0. The zero-order chi connectivity index (χ0) is 19.5. The number of alkyl halides is 2. The van der Waals surface area contributed by atoms with Crippen LogP contribution in [0.4, 0.5) is 26.5 Å². The molecule has 150 valence electrons. The standard InChI is InChI=1S/C17H21F2N7O2/c18-14(19)12-13(11-9-21-16(20)22-10-11)23-17(26-3-7-28-8-4-26)24-15(12)25-1-5-27-6-2-25/h9-10,14H,1-8H2,(H2,20,21,22). The first-order valence-corrected chi connectivity index (χ1v) is 9.07. The number of aromatic nitrogens is 4. The second kappa shape index (κ2) is 8.15. The summed E-state index contributed by atoms with van der Waals surface area (Å²) < 4.78 is 39.0. The highest BCUT2D eigenvalue weighted by molar-refractivity contribution is 5.71. The largest absolute Gasteiger partial charge is 0.378 e. The quantitative estimate of drug-likeness (QED) is 0.819. The lowest BCUT2D eigenvalue weighted by Gasteiger charge is -2.32. The molecule has 0 radical (unpaired) electrons. The number of nitrogens with zero attached hydrogens (tertiary/aromatic N) is 6. The van der Waals surface area contributed by atoms with E-state index in [2.05, 4.69) is 19.9 Å². The number of anilines is 3. The van der Waals surface area contributed by atoms with Crippen LogP contribution in [0.15, 0.2) is 12.4 Å². The maximum atomic E-state index is 14.1. The summed E-state index contributed by atoms with van der Waals surface area (Å²) in [6, 6.07) is 0. The molecule has 0 amide bonds. The van der Waals surface area contributed by atoms with Crippen molar-refractivity contribution in [3.05, 3.63) is 18.0 Å². The number of hydrogen-bond donors (Lipinski definition) is 1.